The number of likely N-dealkylation sites (N-methyl/N-ethyl adjacent to an activating group) is 1. The van der Waals surface area contributed by atoms with E-state index in [1.807, 2.05) is 18.5 Å². The summed E-state index contributed by atoms with van der Waals surface area (Å²) in [5.41, 5.74) is 1.31. The van der Waals surface area contributed by atoms with E-state index >= 15 is 0 Å². The average molecular weight is 191 g/mol. The molecule has 3 heteroatoms. The molecule has 2 heterocycles. The third-order valence-corrected chi connectivity index (χ3v) is 2.77. The Morgan fingerprint density at radius 1 is 1.50 bits per heavy atom. The molecule has 1 aliphatic heterocycles. The van der Waals surface area contributed by atoms with Crippen molar-refractivity contribution < 1.29 is 0 Å². The van der Waals surface area contributed by atoms with E-state index in [9.17, 15) is 0 Å². The fourth-order valence-electron chi connectivity index (χ4n) is 1.86. The fourth-order valence-corrected chi connectivity index (χ4v) is 1.86. The minimum atomic E-state index is 0.480. The van der Waals surface area contributed by atoms with E-state index in [0.717, 1.165) is 19.6 Å². The first-order valence-electron chi connectivity index (χ1n) is 5.18. The Labute approximate surface area is 85.1 Å². The Kier molecular flexibility index (Phi) is 3.11. The molecule has 1 N–H and O–H groups in total. The monoisotopic (exact) mass is 191 g/mol. The minimum Gasteiger partial charge on any atom is -0.309 e. The highest BCUT2D eigenvalue weighted by Gasteiger charge is 2.15. The van der Waals surface area contributed by atoms with Crippen molar-refractivity contribution in [3.8, 4) is 0 Å². The van der Waals surface area contributed by atoms with Gasteiger partial charge in [-0.05, 0) is 31.6 Å². The Balaban J connectivity index is 2.04. The van der Waals surface area contributed by atoms with E-state index in [-0.39, 0.29) is 0 Å². The van der Waals surface area contributed by atoms with Gasteiger partial charge in [-0.1, -0.05) is 6.07 Å². The summed E-state index contributed by atoms with van der Waals surface area (Å²) in [5, 5.41) is 3.55. The number of nitrogens with one attached hydrogen (secondary N) is 1. The Morgan fingerprint density at radius 2 is 2.43 bits per heavy atom. The molecule has 1 aromatic rings. The molecule has 1 aliphatic rings. The van der Waals surface area contributed by atoms with Crippen LogP contribution < -0.4 is 5.32 Å². The molecule has 3 nitrogen and oxygen atoms in total. The Morgan fingerprint density at radius 3 is 3.21 bits per heavy atom. The van der Waals surface area contributed by atoms with E-state index in [2.05, 4.69) is 28.3 Å². The maximum Gasteiger partial charge on any atom is 0.0348 e. The Hall–Kier alpha value is -0.930. The van der Waals surface area contributed by atoms with Gasteiger partial charge in [0.25, 0.3) is 0 Å². The molecule has 0 amide bonds. The van der Waals surface area contributed by atoms with E-state index in [0.29, 0.717) is 6.04 Å². The summed E-state index contributed by atoms with van der Waals surface area (Å²) in [6, 6.07) is 4.63. The topological polar surface area (TPSA) is 28.2 Å². The van der Waals surface area contributed by atoms with Crippen LogP contribution in [0.15, 0.2) is 24.5 Å². The predicted octanol–water partition coefficient (Wildman–Crippen LogP) is 1.05. The highest BCUT2D eigenvalue weighted by molar-refractivity contribution is 5.14. The molecule has 76 valence electrons. The maximum absolute atomic E-state index is 4.16. The molecule has 0 aliphatic carbocycles. The molecule has 0 aromatic carbocycles. The van der Waals surface area contributed by atoms with E-state index < -0.39 is 0 Å². The molecule has 0 spiro atoms. The van der Waals surface area contributed by atoms with Crippen LogP contribution in [0, 0.1) is 0 Å². The summed E-state index contributed by atoms with van der Waals surface area (Å²) < 4.78 is 0. The standard InChI is InChI=1S/C11H17N3/c1-14-7-4-11(13-6-8-14)10-3-2-5-12-9-10/h2-3,5,9,11,13H,4,6-8H2,1H3. The first-order chi connectivity index (χ1) is 6.86. The van der Waals surface area contributed by atoms with Gasteiger partial charge in [0.15, 0.2) is 0 Å². The molecule has 0 radical (unpaired) electrons. The first-order valence-corrected chi connectivity index (χ1v) is 5.18. The Bertz CT molecular complexity index is 273. The molecule has 0 bridgehead atoms. The van der Waals surface area contributed by atoms with Crippen molar-refractivity contribution in [2.45, 2.75) is 12.5 Å². The van der Waals surface area contributed by atoms with Crippen LogP contribution >= 0.6 is 0 Å². The van der Waals surface area contributed by atoms with Gasteiger partial charge in [-0.2, -0.15) is 0 Å². The zero-order valence-electron chi connectivity index (χ0n) is 8.61. The van der Waals surface area contributed by atoms with Crippen LogP contribution in [0.3, 0.4) is 0 Å². The summed E-state index contributed by atoms with van der Waals surface area (Å²) in [5.74, 6) is 0. The van der Waals surface area contributed by atoms with Crippen LogP contribution in [0.5, 0.6) is 0 Å². The number of rotatable bonds is 1. The lowest BCUT2D eigenvalue weighted by atomic mass is 10.1. The highest BCUT2D eigenvalue weighted by Crippen LogP contribution is 2.17. The second-order valence-electron chi connectivity index (χ2n) is 3.89. The van der Waals surface area contributed by atoms with Crippen LogP contribution in [-0.2, 0) is 0 Å². The van der Waals surface area contributed by atoms with Crippen LogP contribution in [-0.4, -0.2) is 36.6 Å². The van der Waals surface area contributed by atoms with Gasteiger partial charge in [0.1, 0.15) is 0 Å². The highest BCUT2D eigenvalue weighted by atomic mass is 15.1. The van der Waals surface area contributed by atoms with Crippen LogP contribution in [0.25, 0.3) is 0 Å². The molecule has 14 heavy (non-hydrogen) atoms. The molecule has 1 fully saturated rings. The second-order valence-corrected chi connectivity index (χ2v) is 3.89. The summed E-state index contributed by atoms with van der Waals surface area (Å²) in [6.45, 7) is 3.36. The number of hydrogen-bond acceptors (Lipinski definition) is 3. The van der Waals surface area contributed by atoms with Gasteiger partial charge >= 0.3 is 0 Å². The summed E-state index contributed by atoms with van der Waals surface area (Å²) in [7, 11) is 2.17. The third kappa shape index (κ3) is 2.30. The lowest BCUT2D eigenvalue weighted by Gasteiger charge is -2.15. The first kappa shape index (κ1) is 9.62. The SMILES string of the molecule is CN1CCNC(c2cccnc2)CC1. The van der Waals surface area contributed by atoms with Crippen LogP contribution in [0.1, 0.15) is 18.0 Å². The fraction of sp³-hybridized carbons (Fsp3) is 0.545. The van der Waals surface area contributed by atoms with Gasteiger partial charge in [0.2, 0.25) is 0 Å². The number of aromatic nitrogens is 1. The molecule has 1 aromatic heterocycles. The predicted molar refractivity (Wildman–Crippen MR) is 57.1 cm³/mol. The number of hydrogen-bond donors (Lipinski definition) is 1. The summed E-state index contributed by atoms with van der Waals surface area (Å²) in [6.07, 6.45) is 4.96. The van der Waals surface area contributed by atoms with Gasteiger partial charge < -0.3 is 10.2 Å². The smallest absolute Gasteiger partial charge is 0.0348 e. The minimum absolute atomic E-state index is 0.480. The summed E-state index contributed by atoms with van der Waals surface area (Å²) in [4.78, 5) is 6.52. The lowest BCUT2D eigenvalue weighted by molar-refractivity contribution is 0.355. The molecule has 1 unspecified atom stereocenters. The van der Waals surface area contributed by atoms with E-state index in [4.69, 9.17) is 0 Å². The molecular weight excluding hydrogens is 174 g/mol. The normalized spacial score (nSPS) is 24.5. The third-order valence-electron chi connectivity index (χ3n) is 2.77. The van der Waals surface area contributed by atoms with Gasteiger partial charge in [-0.3, -0.25) is 4.98 Å². The van der Waals surface area contributed by atoms with Crippen molar-refractivity contribution in [3.05, 3.63) is 30.1 Å². The van der Waals surface area contributed by atoms with E-state index in [1.165, 1.54) is 12.0 Å². The van der Waals surface area contributed by atoms with Gasteiger partial charge in [-0.15, -0.1) is 0 Å². The number of pyridine rings is 1. The van der Waals surface area contributed by atoms with Gasteiger partial charge in [0, 0.05) is 31.5 Å². The average Bonchev–Trinajstić information content (AvgIpc) is 2.44. The quantitative estimate of drug-likeness (QED) is 0.719. The van der Waals surface area contributed by atoms with Crippen molar-refractivity contribution in [1.29, 1.82) is 0 Å². The van der Waals surface area contributed by atoms with Crippen LogP contribution in [0.4, 0.5) is 0 Å². The maximum atomic E-state index is 4.16. The lowest BCUT2D eigenvalue weighted by Crippen LogP contribution is -2.25. The van der Waals surface area contributed by atoms with Crippen molar-refractivity contribution in [3.63, 3.8) is 0 Å². The van der Waals surface area contributed by atoms with Crippen molar-refractivity contribution in [1.82, 2.24) is 15.2 Å². The van der Waals surface area contributed by atoms with Gasteiger partial charge in [-0.25, -0.2) is 0 Å². The largest absolute Gasteiger partial charge is 0.309 e. The second kappa shape index (κ2) is 4.53. The van der Waals surface area contributed by atoms with Crippen LogP contribution in [0.2, 0.25) is 0 Å². The zero-order chi connectivity index (χ0) is 9.80. The molecule has 1 saturated heterocycles. The summed E-state index contributed by atoms with van der Waals surface area (Å²) >= 11 is 0. The molecular formula is C11H17N3. The van der Waals surface area contributed by atoms with Crippen molar-refractivity contribution in [2.24, 2.45) is 0 Å². The molecule has 2 rings (SSSR count). The number of nitrogens with zero attached hydrogens (tertiary/aromatic N) is 2. The zero-order valence-corrected chi connectivity index (χ0v) is 8.61. The van der Waals surface area contributed by atoms with E-state index in [1.54, 1.807) is 0 Å². The molecule has 1 atom stereocenters. The molecule has 0 saturated carbocycles. The van der Waals surface area contributed by atoms with Crippen molar-refractivity contribution >= 4 is 0 Å². The van der Waals surface area contributed by atoms with Gasteiger partial charge in [0.05, 0.1) is 0 Å². The van der Waals surface area contributed by atoms with Crippen molar-refractivity contribution in [2.75, 3.05) is 26.7 Å².